The van der Waals surface area contributed by atoms with Gasteiger partial charge in [-0.15, -0.1) is 0 Å². The zero-order chi connectivity index (χ0) is 64.9. The highest BCUT2D eigenvalue weighted by atomic mass is 16.5. The van der Waals surface area contributed by atoms with Gasteiger partial charge in [-0.1, -0.05) is 430 Å². The van der Waals surface area contributed by atoms with Crippen molar-refractivity contribution in [2.45, 2.75) is 488 Å². The molecule has 0 aromatic carbocycles. The number of hydrogen-bond donors (Lipinski definition) is 3. The third kappa shape index (κ3) is 75.4. The van der Waals surface area contributed by atoms with E-state index in [1.54, 1.807) is 0 Å². The van der Waals surface area contributed by atoms with Crippen molar-refractivity contribution in [1.82, 2.24) is 5.32 Å². The minimum Gasteiger partial charge on any atom is -0.466 e. The molecule has 90 heavy (non-hydrogen) atoms. The van der Waals surface area contributed by atoms with Crippen LogP contribution in [-0.4, -0.2) is 47.4 Å². The van der Waals surface area contributed by atoms with Crippen molar-refractivity contribution in [3.63, 3.8) is 0 Å². The van der Waals surface area contributed by atoms with Crippen molar-refractivity contribution in [2.75, 3.05) is 13.2 Å². The van der Waals surface area contributed by atoms with Gasteiger partial charge in [0.25, 0.3) is 0 Å². The van der Waals surface area contributed by atoms with Gasteiger partial charge in [0.1, 0.15) is 0 Å². The summed E-state index contributed by atoms with van der Waals surface area (Å²) in [7, 11) is 0. The maximum atomic E-state index is 12.6. The number of hydrogen-bond acceptors (Lipinski definition) is 5. The zero-order valence-electron chi connectivity index (χ0n) is 61.4. The Hall–Kier alpha value is -1.66. The summed E-state index contributed by atoms with van der Waals surface area (Å²) in [5.74, 6) is -0.00862. The molecule has 0 aromatic heterocycles. The first-order valence-electron chi connectivity index (χ1n) is 41.6. The van der Waals surface area contributed by atoms with Gasteiger partial charge in [-0.3, -0.25) is 9.59 Å². The molecule has 6 heteroatoms. The molecule has 2 unspecified atom stereocenters. The van der Waals surface area contributed by atoms with E-state index in [1.807, 2.05) is 0 Å². The maximum Gasteiger partial charge on any atom is 0.305 e. The highest BCUT2D eigenvalue weighted by Crippen LogP contribution is 2.20. The summed E-state index contributed by atoms with van der Waals surface area (Å²) in [5, 5.41) is 23.5. The second kappa shape index (κ2) is 79.8. The number of unbranched alkanes of at least 4 members (excludes halogenated alkanes) is 64. The van der Waals surface area contributed by atoms with E-state index in [9.17, 15) is 19.8 Å². The van der Waals surface area contributed by atoms with Gasteiger partial charge in [0.05, 0.1) is 25.4 Å². The summed E-state index contributed by atoms with van der Waals surface area (Å²) in [6.07, 6.45) is 103. The van der Waals surface area contributed by atoms with Crippen LogP contribution in [0.5, 0.6) is 0 Å². The summed E-state index contributed by atoms with van der Waals surface area (Å²) in [6.45, 7) is 5.01. The van der Waals surface area contributed by atoms with Gasteiger partial charge in [-0.05, 0) is 57.8 Å². The molecule has 0 heterocycles. The Bertz CT molecular complexity index is 1410. The SMILES string of the molecule is CCCCCCCCCCCCCCCCCCCCCCCCCCCC(O)C(CO)NC(=O)CCCCCCCCCCCCCCCCCCC/C=C\C/C=C\CCCCCCCCCCCOC(=O)CCCCCCCCCCCCCCCCC. The molecule has 0 aliphatic carbocycles. The monoisotopic (exact) mass is 1270 g/mol. The van der Waals surface area contributed by atoms with Crippen molar-refractivity contribution in [3.05, 3.63) is 24.3 Å². The molecule has 0 radical (unpaired) electrons. The van der Waals surface area contributed by atoms with Gasteiger partial charge in [0, 0.05) is 12.8 Å². The van der Waals surface area contributed by atoms with Crippen molar-refractivity contribution in [1.29, 1.82) is 0 Å². The predicted molar refractivity (Wildman–Crippen MR) is 398 cm³/mol. The minimum atomic E-state index is -0.665. The number of carbonyl (C=O) groups is 2. The van der Waals surface area contributed by atoms with Gasteiger partial charge in [-0.25, -0.2) is 0 Å². The molecular weight excluding hydrogens is 1100 g/mol. The Morgan fingerprint density at radius 3 is 0.844 bits per heavy atom. The summed E-state index contributed by atoms with van der Waals surface area (Å²) in [4.78, 5) is 24.7. The van der Waals surface area contributed by atoms with E-state index in [4.69, 9.17) is 4.74 Å². The molecule has 0 aromatic rings. The molecule has 0 spiro atoms. The number of aliphatic hydroxyl groups is 2. The third-order valence-electron chi connectivity index (χ3n) is 19.8. The number of nitrogens with one attached hydrogen (secondary N) is 1. The third-order valence-corrected chi connectivity index (χ3v) is 19.8. The van der Waals surface area contributed by atoms with Gasteiger partial charge in [0.2, 0.25) is 5.91 Å². The lowest BCUT2D eigenvalue weighted by atomic mass is 10.0. The Morgan fingerprint density at radius 1 is 0.311 bits per heavy atom. The lowest BCUT2D eigenvalue weighted by molar-refractivity contribution is -0.143. The topological polar surface area (TPSA) is 95.9 Å². The normalized spacial score (nSPS) is 12.5. The molecule has 0 saturated heterocycles. The second-order valence-corrected chi connectivity index (χ2v) is 28.8. The Kier molecular flexibility index (Phi) is 78.3. The Labute approximate surface area is 564 Å². The van der Waals surface area contributed by atoms with Crippen LogP contribution in [0.25, 0.3) is 0 Å². The fraction of sp³-hybridized carbons (Fsp3) is 0.929. The van der Waals surface area contributed by atoms with Crippen LogP contribution < -0.4 is 5.32 Å². The average Bonchev–Trinajstić information content (AvgIpc) is 3.55. The number of esters is 1. The standard InChI is InChI=1S/C84H163NO5/c1-3-5-7-9-11-13-15-17-19-20-21-22-23-33-36-39-42-45-49-52-56-60-64-68-72-76-82(87)81(80-86)85-83(88)77-73-69-65-61-57-53-50-46-43-40-37-34-31-29-27-25-24-26-28-30-32-35-38-41-44-47-51-55-59-63-67-71-75-79-90-84(89)78-74-70-66-62-58-54-48-18-16-14-12-10-8-6-4-2/h28,30,35,38,81-82,86-87H,3-27,29,31-34,36-37,39-80H2,1-2H3,(H,85,88)/b30-28-,38-35-. The molecule has 6 nitrogen and oxygen atoms in total. The van der Waals surface area contributed by atoms with E-state index < -0.39 is 12.1 Å². The highest BCUT2D eigenvalue weighted by molar-refractivity contribution is 5.76. The molecule has 0 aliphatic rings. The summed E-state index contributed by atoms with van der Waals surface area (Å²) < 4.78 is 5.50. The average molecular weight is 1270 g/mol. The first-order chi connectivity index (χ1) is 44.5. The van der Waals surface area contributed by atoms with Gasteiger partial charge < -0.3 is 20.3 Å². The van der Waals surface area contributed by atoms with Crippen LogP contribution in [0.15, 0.2) is 24.3 Å². The lowest BCUT2D eigenvalue weighted by Gasteiger charge is -2.22. The van der Waals surface area contributed by atoms with Crippen molar-refractivity contribution in [3.8, 4) is 0 Å². The van der Waals surface area contributed by atoms with E-state index in [1.165, 1.54) is 398 Å². The van der Waals surface area contributed by atoms with Crippen LogP contribution >= 0.6 is 0 Å². The summed E-state index contributed by atoms with van der Waals surface area (Å²) in [6, 6.07) is -0.542. The number of rotatable bonds is 79. The molecule has 0 bridgehead atoms. The van der Waals surface area contributed by atoms with E-state index in [0.717, 1.165) is 44.9 Å². The Morgan fingerprint density at radius 2 is 0.556 bits per heavy atom. The van der Waals surface area contributed by atoms with Crippen LogP contribution in [0, 0.1) is 0 Å². The first kappa shape index (κ1) is 88.3. The molecule has 534 valence electrons. The molecule has 0 aliphatic heterocycles. The van der Waals surface area contributed by atoms with Crippen molar-refractivity contribution in [2.24, 2.45) is 0 Å². The first-order valence-corrected chi connectivity index (χ1v) is 41.6. The Balaban J connectivity index is 3.37. The van der Waals surface area contributed by atoms with Gasteiger partial charge >= 0.3 is 5.97 Å². The van der Waals surface area contributed by atoms with Crippen LogP contribution in [0.1, 0.15) is 476 Å². The van der Waals surface area contributed by atoms with E-state index in [0.29, 0.717) is 25.9 Å². The maximum absolute atomic E-state index is 12.6. The number of aliphatic hydroxyl groups excluding tert-OH is 2. The summed E-state index contributed by atoms with van der Waals surface area (Å²) >= 11 is 0. The molecule has 0 fully saturated rings. The predicted octanol–water partition coefficient (Wildman–Crippen LogP) is 27.6. The van der Waals surface area contributed by atoms with E-state index in [2.05, 4.69) is 43.5 Å². The van der Waals surface area contributed by atoms with Crippen LogP contribution in [0.2, 0.25) is 0 Å². The number of carbonyl (C=O) groups excluding carboxylic acids is 2. The molecular formula is C84H163NO5. The van der Waals surface area contributed by atoms with Crippen LogP contribution in [-0.2, 0) is 14.3 Å². The van der Waals surface area contributed by atoms with Gasteiger partial charge in [0.15, 0.2) is 0 Å². The van der Waals surface area contributed by atoms with Crippen LogP contribution in [0.4, 0.5) is 0 Å². The quantitative estimate of drug-likeness (QED) is 0.0320. The molecule has 3 N–H and O–H groups in total. The van der Waals surface area contributed by atoms with E-state index >= 15 is 0 Å². The van der Waals surface area contributed by atoms with Crippen molar-refractivity contribution < 1.29 is 24.5 Å². The number of ether oxygens (including phenoxy) is 1. The van der Waals surface area contributed by atoms with Gasteiger partial charge in [-0.2, -0.15) is 0 Å². The number of amides is 1. The zero-order valence-corrected chi connectivity index (χ0v) is 61.4. The lowest BCUT2D eigenvalue weighted by Crippen LogP contribution is -2.45. The largest absolute Gasteiger partial charge is 0.466 e. The van der Waals surface area contributed by atoms with Crippen LogP contribution in [0.3, 0.4) is 0 Å². The fourth-order valence-electron chi connectivity index (χ4n) is 13.4. The highest BCUT2D eigenvalue weighted by Gasteiger charge is 2.20. The fourth-order valence-corrected chi connectivity index (χ4v) is 13.4. The van der Waals surface area contributed by atoms with E-state index in [-0.39, 0.29) is 18.5 Å². The second-order valence-electron chi connectivity index (χ2n) is 28.8. The molecule has 2 atom stereocenters. The summed E-state index contributed by atoms with van der Waals surface area (Å²) in [5.41, 5.74) is 0. The number of allylic oxidation sites excluding steroid dienone is 4. The molecule has 1 amide bonds. The van der Waals surface area contributed by atoms with Crippen molar-refractivity contribution >= 4 is 11.9 Å². The smallest absolute Gasteiger partial charge is 0.305 e. The molecule has 0 rings (SSSR count). The minimum absolute atomic E-state index is 0.0183. The molecule has 0 saturated carbocycles.